The van der Waals surface area contributed by atoms with E-state index in [0.29, 0.717) is 18.5 Å². The summed E-state index contributed by atoms with van der Waals surface area (Å²) in [6, 6.07) is 0.570. The van der Waals surface area contributed by atoms with Crippen LogP contribution >= 0.6 is 0 Å². The molecule has 0 atom stereocenters. The van der Waals surface area contributed by atoms with E-state index < -0.39 is 0 Å². The van der Waals surface area contributed by atoms with Crippen LogP contribution in [-0.4, -0.2) is 24.0 Å². The number of nitrogens with one attached hydrogen (secondary N) is 2. The summed E-state index contributed by atoms with van der Waals surface area (Å²) in [4.78, 5) is 8.50. The first-order valence-corrected chi connectivity index (χ1v) is 6.91. The van der Waals surface area contributed by atoms with Gasteiger partial charge in [0.1, 0.15) is 5.76 Å². The van der Waals surface area contributed by atoms with Gasteiger partial charge in [0, 0.05) is 18.5 Å². The molecule has 1 saturated carbocycles. The van der Waals surface area contributed by atoms with Crippen molar-refractivity contribution < 1.29 is 4.42 Å². The molecule has 5 nitrogen and oxygen atoms in total. The summed E-state index contributed by atoms with van der Waals surface area (Å²) in [5.74, 6) is 2.42. The molecule has 1 heterocycles. The Morgan fingerprint density at radius 2 is 2.21 bits per heavy atom. The van der Waals surface area contributed by atoms with Crippen LogP contribution in [0.4, 0.5) is 0 Å². The molecule has 106 valence electrons. The van der Waals surface area contributed by atoms with Gasteiger partial charge in [0.15, 0.2) is 5.96 Å². The van der Waals surface area contributed by atoms with E-state index >= 15 is 0 Å². The molecule has 1 fully saturated rings. The molecule has 2 rings (SSSR count). The predicted molar refractivity (Wildman–Crippen MR) is 76.2 cm³/mol. The highest BCUT2D eigenvalue weighted by molar-refractivity contribution is 5.79. The van der Waals surface area contributed by atoms with Crippen molar-refractivity contribution in [2.45, 2.75) is 58.0 Å². The Labute approximate surface area is 114 Å². The maximum atomic E-state index is 5.73. The molecular formula is C14H24N4O. The summed E-state index contributed by atoms with van der Waals surface area (Å²) < 4.78 is 5.73. The number of aliphatic imine (C=N–C) groups is 1. The summed E-state index contributed by atoms with van der Waals surface area (Å²) in [7, 11) is 1.78. The van der Waals surface area contributed by atoms with Gasteiger partial charge >= 0.3 is 0 Å². The third-order valence-corrected chi connectivity index (χ3v) is 3.37. The van der Waals surface area contributed by atoms with E-state index in [1.54, 1.807) is 13.2 Å². The highest BCUT2D eigenvalue weighted by Gasteiger charge is 2.20. The molecule has 0 unspecified atom stereocenters. The minimum absolute atomic E-state index is 0.00287. The van der Waals surface area contributed by atoms with E-state index in [2.05, 4.69) is 41.4 Å². The number of hydrogen-bond acceptors (Lipinski definition) is 3. The van der Waals surface area contributed by atoms with Gasteiger partial charge in [-0.1, -0.05) is 20.8 Å². The second-order valence-electron chi connectivity index (χ2n) is 6.07. The summed E-state index contributed by atoms with van der Waals surface area (Å²) in [5, 5.41) is 6.61. The Bertz CT molecular complexity index is 441. The number of guanidine groups is 1. The van der Waals surface area contributed by atoms with Crippen LogP contribution in [0.5, 0.6) is 0 Å². The lowest BCUT2D eigenvalue weighted by molar-refractivity contribution is 0.371. The van der Waals surface area contributed by atoms with Gasteiger partial charge in [-0.15, -0.1) is 0 Å². The van der Waals surface area contributed by atoms with Crippen molar-refractivity contribution in [3.05, 3.63) is 17.8 Å². The van der Waals surface area contributed by atoms with E-state index in [-0.39, 0.29) is 5.41 Å². The molecule has 0 bridgehead atoms. The summed E-state index contributed by atoms with van der Waals surface area (Å²) >= 11 is 0. The van der Waals surface area contributed by atoms with Crippen LogP contribution in [0.25, 0.3) is 0 Å². The standard InChI is InChI=1S/C14H24N4O/c1-14(2,3)11-8-16-12(19-11)9-17-13(15-4)18-10-6-5-7-10/h8,10H,5-7,9H2,1-4H3,(H2,15,17,18). The molecule has 5 heteroatoms. The Morgan fingerprint density at radius 1 is 1.47 bits per heavy atom. The minimum atomic E-state index is -0.00287. The summed E-state index contributed by atoms with van der Waals surface area (Å²) in [6.07, 6.45) is 5.57. The third-order valence-electron chi connectivity index (χ3n) is 3.37. The molecule has 0 aliphatic heterocycles. The first-order valence-electron chi connectivity index (χ1n) is 6.91. The smallest absolute Gasteiger partial charge is 0.213 e. The van der Waals surface area contributed by atoms with Crippen LogP contribution in [0.15, 0.2) is 15.6 Å². The number of hydrogen-bond donors (Lipinski definition) is 2. The van der Waals surface area contributed by atoms with E-state index in [1.165, 1.54) is 19.3 Å². The molecule has 19 heavy (non-hydrogen) atoms. The van der Waals surface area contributed by atoms with Crippen molar-refractivity contribution in [1.29, 1.82) is 0 Å². The number of nitrogens with zero attached hydrogens (tertiary/aromatic N) is 2. The van der Waals surface area contributed by atoms with Gasteiger partial charge < -0.3 is 15.1 Å². The molecule has 0 amide bonds. The fraction of sp³-hybridized carbons (Fsp3) is 0.714. The largest absolute Gasteiger partial charge is 0.443 e. The van der Waals surface area contributed by atoms with Crippen molar-refractivity contribution in [2.75, 3.05) is 7.05 Å². The fourth-order valence-electron chi connectivity index (χ4n) is 1.84. The summed E-state index contributed by atoms with van der Waals surface area (Å²) in [5.41, 5.74) is -0.00287. The Hall–Kier alpha value is -1.52. The fourth-order valence-corrected chi connectivity index (χ4v) is 1.84. The molecular weight excluding hydrogens is 240 g/mol. The molecule has 0 aromatic carbocycles. The average Bonchev–Trinajstić information content (AvgIpc) is 2.75. The second kappa shape index (κ2) is 5.63. The van der Waals surface area contributed by atoms with Crippen LogP contribution in [0.3, 0.4) is 0 Å². The van der Waals surface area contributed by atoms with Gasteiger partial charge in [-0.05, 0) is 19.3 Å². The quantitative estimate of drug-likeness (QED) is 0.649. The van der Waals surface area contributed by atoms with Crippen molar-refractivity contribution in [2.24, 2.45) is 4.99 Å². The number of oxazole rings is 1. The topological polar surface area (TPSA) is 62.5 Å². The van der Waals surface area contributed by atoms with E-state index in [9.17, 15) is 0 Å². The van der Waals surface area contributed by atoms with Crippen LogP contribution in [0.1, 0.15) is 51.7 Å². The molecule has 1 aliphatic rings. The zero-order chi connectivity index (χ0) is 13.9. The normalized spacial score (nSPS) is 17.2. The summed E-state index contributed by atoms with van der Waals surface area (Å²) in [6.45, 7) is 6.90. The molecule has 1 aromatic heterocycles. The molecule has 1 aliphatic carbocycles. The van der Waals surface area contributed by atoms with Crippen molar-refractivity contribution >= 4 is 5.96 Å². The zero-order valence-corrected chi connectivity index (χ0v) is 12.3. The highest BCUT2D eigenvalue weighted by atomic mass is 16.4. The van der Waals surface area contributed by atoms with E-state index in [0.717, 1.165) is 11.7 Å². The number of aromatic nitrogens is 1. The Kier molecular flexibility index (Phi) is 4.12. The van der Waals surface area contributed by atoms with Gasteiger partial charge in [0.25, 0.3) is 0 Å². The maximum absolute atomic E-state index is 5.73. The SMILES string of the molecule is CN=C(NCc1ncc(C(C)(C)C)o1)NC1CCC1. The maximum Gasteiger partial charge on any atom is 0.213 e. The van der Waals surface area contributed by atoms with E-state index in [4.69, 9.17) is 4.42 Å². The van der Waals surface area contributed by atoms with Crippen LogP contribution in [0.2, 0.25) is 0 Å². The minimum Gasteiger partial charge on any atom is -0.443 e. The van der Waals surface area contributed by atoms with Gasteiger partial charge in [-0.25, -0.2) is 4.98 Å². The lowest BCUT2D eigenvalue weighted by Gasteiger charge is -2.28. The second-order valence-corrected chi connectivity index (χ2v) is 6.07. The zero-order valence-electron chi connectivity index (χ0n) is 12.3. The van der Waals surface area contributed by atoms with Crippen LogP contribution < -0.4 is 10.6 Å². The van der Waals surface area contributed by atoms with E-state index in [1.807, 2.05) is 0 Å². The molecule has 0 saturated heterocycles. The molecule has 2 N–H and O–H groups in total. The first kappa shape index (κ1) is 13.9. The highest BCUT2D eigenvalue weighted by Crippen LogP contribution is 2.22. The van der Waals surface area contributed by atoms with Crippen molar-refractivity contribution in [3.63, 3.8) is 0 Å². The predicted octanol–water partition coefficient (Wildman–Crippen LogP) is 2.19. The van der Waals surface area contributed by atoms with Crippen molar-refractivity contribution in [3.8, 4) is 0 Å². The van der Waals surface area contributed by atoms with Gasteiger partial charge in [-0.3, -0.25) is 4.99 Å². The average molecular weight is 264 g/mol. The van der Waals surface area contributed by atoms with Crippen molar-refractivity contribution in [1.82, 2.24) is 15.6 Å². The molecule has 0 spiro atoms. The van der Waals surface area contributed by atoms with Crippen LogP contribution in [-0.2, 0) is 12.0 Å². The van der Waals surface area contributed by atoms with Crippen LogP contribution in [0, 0.1) is 0 Å². The third kappa shape index (κ3) is 3.72. The Balaban J connectivity index is 1.85. The monoisotopic (exact) mass is 264 g/mol. The van der Waals surface area contributed by atoms with Gasteiger partial charge in [-0.2, -0.15) is 0 Å². The van der Waals surface area contributed by atoms with Gasteiger partial charge in [0.05, 0.1) is 12.7 Å². The first-order chi connectivity index (χ1) is 8.99. The lowest BCUT2D eigenvalue weighted by Crippen LogP contribution is -2.46. The Morgan fingerprint density at radius 3 is 2.68 bits per heavy atom. The van der Waals surface area contributed by atoms with Gasteiger partial charge in [0.2, 0.25) is 5.89 Å². The number of rotatable bonds is 3. The molecule has 1 aromatic rings. The lowest BCUT2D eigenvalue weighted by atomic mass is 9.93. The molecule has 0 radical (unpaired) electrons.